The van der Waals surface area contributed by atoms with Crippen molar-refractivity contribution in [3.63, 3.8) is 0 Å². The minimum Gasteiger partial charge on any atom is -0.481 e. The molecule has 0 spiro atoms. The van der Waals surface area contributed by atoms with E-state index in [1.807, 2.05) is 74.5 Å². The largest absolute Gasteiger partial charge is 0.481 e. The molecule has 0 amide bonds. The van der Waals surface area contributed by atoms with Crippen LogP contribution in [0, 0.1) is 5.92 Å². The third-order valence-corrected chi connectivity index (χ3v) is 3.97. The molecule has 0 saturated carbocycles. The molecule has 0 saturated heterocycles. The number of rotatable bonds is 5. The van der Waals surface area contributed by atoms with Gasteiger partial charge in [-0.3, -0.25) is 4.79 Å². The van der Waals surface area contributed by atoms with Crippen molar-refractivity contribution in [2.45, 2.75) is 25.7 Å². The first-order chi connectivity index (χ1) is 9.51. The second kappa shape index (κ2) is 5.91. The van der Waals surface area contributed by atoms with Crippen molar-refractivity contribution in [1.82, 2.24) is 0 Å². The lowest BCUT2D eigenvalue weighted by molar-refractivity contribution is -0.144. The summed E-state index contributed by atoms with van der Waals surface area (Å²) in [5.41, 5.74) is 1.70. The molecule has 1 unspecified atom stereocenters. The quantitative estimate of drug-likeness (QED) is 0.892. The molecule has 104 valence electrons. The predicted molar refractivity (Wildman–Crippen MR) is 80.7 cm³/mol. The molecule has 0 aliphatic heterocycles. The summed E-state index contributed by atoms with van der Waals surface area (Å²) in [6.07, 6.45) is 0.540. The molecule has 2 rings (SSSR count). The molecule has 0 aliphatic carbocycles. The van der Waals surface area contributed by atoms with Gasteiger partial charge < -0.3 is 5.11 Å². The molecule has 2 aromatic rings. The van der Waals surface area contributed by atoms with Crippen LogP contribution >= 0.6 is 0 Å². The van der Waals surface area contributed by atoms with Crippen molar-refractivity contribution in [3.8, 4) is 0 Å². The van der Waals surface area contributed by atoms with Crippen molar-refractivity contribution < 1.29 is 9.90 Å². The maximum atomic E-state index is 11.7. The molecule has 2 nitrogen and oxygen atoms in total. The number of aliphatic carboxylic acids is 1. The standard InChI is InChI=1S/C18H20O2/c1-18(2,15-11-7-4-8-12-15)16(17(19)20)13-14-9-5-3-6-10-14/h3-12,16H,13H2,1-2H3,(H,19,20). The molecule has 1 N–H and O–H groups in total. The van der Waals surface area contributed by atoms with Gasteiger partial charge in [-0.1, -0.05) is 74.5 Å². The maximum Gasteiger partial charge on any atom is 0.307 e. The van der Waals surface area contributed by atoms with Crippen LogP contribution in [0.15, 0.2) is 60.7 Å². The van der Waals surface area contributed by atoms with Crippen LogP contribution in [0.1, 0.15) is 25.0 Å². The monoisotopic (exact) mass is 268 g/mol. The zero-order chi connectivity index (χ0) is 14.6. The number of benzene rings is 2. The summed E-state index contributed by atoms with van der Waals surface area (Å²) in [5, 5.41) is 9.63. The van der Waals surface area contributed by atoms with Crippen molar-refractivity contribution >= 4 is 5.97 Å². The molecule has 0 radical (unpaired) electrons. The summed E-state index contributed by atoms with van der Waals surface area (Å²) in [6.45, 7) is 4.01. The Morgan fingerprint density at radius 3 is 2.00 bits per heavy atom. The molecule has 0 aliphatic rings. The summed E-state index contributed by atoms with van der Waals surface area (Å²) in [5.74, 6) is -1.20. The maximum absolute atomic E-state index is 11.7. The van der Waals surface area contributed by atoms with E-state index in [4.69, 9.17) is 0 Å². The third-order valence-electron chi connectivity index (χ3n) is 3.97. The van der Waals surface area contributed by atoms with Crippen LogP contribution in [0.5, 0.6) is 0 Å². The first kappa shape index (κ1) is 14.3. The van der Waals surface area contributed by atoms with Crippen LogP contribution < -0.4 is 0 Å². The minimum atomic E-state index is -0.747. The number of carboxylic acids is 1. The van der Waals surface area contributed by atoms with Crippen molar-refractivity contribution in [3.05, 3.63) is 71.8 Å². The highest BCUT2D eigenvalue weighted by molar-refractivity contribution is 5.72. The Labute approximate surface area is 120 Å². The van der Waals surface area contributed by atoms with Crippen LogP contribution in [0.4, 0.5) is 0 Å². The lowest BCUT2D eigenvalue weighted by Gasteiger charge is -2.32. The van der Waals surface area contributed by atoms with Crippen LogP contribution in [0.3, 0.4) is 0 Å². The van der Waals surface area contributed by atoms with Gasteiger partial charge in [0.15, 0.2) is 0 Å². The highest BCUT2D eigenvalue weighted by Crippen LogP contribution is 2.34. The van der Waals surface area contributed by atoms with Crippen LogP contribution in [0.25, 0.3) is 0 Å². The SMILES string of the molecule is CC(C)(c1ccccc1)C(Cc1ccccc1)C(=O)O. The molecule has 2 aromatic carbocycles. The van der Waals surface area contributed by atoms with Gasteiger partial charge in [0, 0.05) is 5.41 Å². The summed E-state index contributed by atoms with van der Waals surface area (Å²) < 4.78 is 0. The Balaban J connectivity index is 2.31. The van der Waals surface area contributed by atoms with Gasteiger partial charge in [0.1, 0.15) is 0 Å². The molecule has 0 heterocycles. The van der Waals surface area contributed by atoms with Gasteiger partial charge in [-0.15, -0.1) is 0 Å². The van der Waals surface area contributed by atoms with E-state index < -0.39 is 17.3 Å². The molecule has 0 aromatic heterocycles. The molecule has 2 heteroatoms. The summed E-state index contributed by atoms with van der Waals surface area (Å²) in [4.78, 5) is 11.7. The van der Waals surface area contributed by atoms with Gasteiger partial charge in [0.25, 0.3) is 0 Å². The van der Waals surface area contributed by atoms with E-state index >= 15 is 0 Å². The van der Waals surface area contributed by atoms with E-state index in [2.05, 4.69) is 0 Å². The average molecular weight is 268 g/mol. The van der Waals surface area contributed by atoms with Crippen molar-refractivity contribution in [2.24, 2.45) is 5.92 Å². The average Bonchev–Trinajstić information content (AvgIpc) is 2.46. The molecule has 20 heavy (non-hydrogen) atoms. The molecular formula is C18H20O2. The highest BCUT2D eigenvalue weighted by atomic mass is 16.4. The zero-order valence-corrected chi connectivity index (χ0v) is 11.9. The van der Waals surface area contributed by atoms with Gasteiger partial charge in [-0.05, 0) is 17.5 Å². The van der Waals surface area contributed by atoms with E-state index in [0.717, 1.165) is 11.1 Å². The molecule has 0 bridgehead atoms. The lowest BCUT2D eigenvalue weighted by atomic mass is 9.71. The predicted octanol–water partition coefficient (Wildman–Crippen LogP) is 3.91. The fraction of sp³-hybridized carbons (Fsp3) is 0.278. The topological polar surface area (TPSA) is 37.3 Å². The van der Waals surface area contributed by atoms with Gasteiger partial charge in [0.2, 0.25) is 0 Å². The Morgan fingerprint density at radius 2 is 1.50 bits per heavy atom. The Morgan fingerprint density at radius 1 is 1.00 bits per heavy atom. The van der Waals surface area contributed by atoms with E-state index in [-0.39, 0.29) is 0 Å². The van der Waals surface area contributed by atoms with E-state index in [9.17, 15) is 9.90 Å². The minimum absolute atomic E-state index is 0.414. The summed E-state index contributed by atoms with van der Waals surface area (Å²) in [6, 6.07) is 19.7. The lowest BCUT2D eigenvalue weighted by Crippen LogP contribution is -2.36. The van der Waals surface area contributed by atoms with E-state index in [1.54, 1.807) is 0 Å². The van der Waals surface area contributed by atoms with E-state index in [1.165, 1.54) is 0 Å². The first-order valence-electron chi connectivity index (χ1n) is 6.84. The molecular weight excluding hydrogens is 248 g/mol. The number of hydrogen-bond donors (Lipinski definition) is 1. The first-order valence-corrected chi connectivity index (χ1v) is 6.84. The van der Waals surface area contributed by atoms with Gasteiger partial charge in [-0.25, -0.2) is 0 Å². The second-order valence-electron chi connectivity index (χ2n) is 5.67. The molecule has 0 fully saturated rings. The van der Waals surface area contributed by atoms with Gasteiger partial charge >= 0.3 is 5.97 Å². The fourth-order valence-electron chi connectivity index (χ4n) is 2.57. The smallest absolute Gasteiger partial charge is 0.307 e. The van der Waals surface area contributed by atoms with Crippen LogP contribution in [-0.4, -0.2) is 11.1 Å². The van der Waals surface area contributed by atoms with Gasteiger partial charge in [-0.2, -0.15) is 0 Å². The molecule has 1 atom stereocenters. The normalized spacial score (nSPS) is 12.9. The zero-order valence-electron chi connectivity index (χ0n) is 11.9. The fourth-order valence-corrected chi connectivity index (χ4v) is 2.57. The van der Waals surface area contributed by atoms with Crippen LogP contribution in [-0.2, 0) is 16.6 Å². The number of carboxylic acid groups (broad SMARTS) is 1. The van der Waals surface area contributed by atoms with Crippen molar-refractivity contribution in [1.29, 1.82) is 0 Å². The summed E-state index contributed by atoms with van der Waals surface area (Å²) in [7, 11) is 0. The Hall–Kier alpha value is -2.09. The Bertz CT molecular complexity index is 558. The van der Waals surface area contributed by atoms with E-state index in [0.29, 0.717) is 6.42 Å². The number of carbonyl (C=O) groups is 1. The van der Waals surface area contributed by atoms with Crippen molar-refractivity contribution in [2.75, 3.05) is 0 Å². The highest BCUT2D eigenvalue weighted by Gasteiger charge is 2.36. The second-order valence-corrected chi connectivity index (χ2v) is 5.67. The van der Waals surface area contributed by atoms with Crippen LogP contribution in [0.2, 0.25) is 0 Å². The third kappa shape index (κ3) is 3.08. The van der Waals surface area contributed by atoms with Gasteiger partial charge in [0.05, 0.1) is 5.92 Å². The number of hydrogen-bond acceptors (Lipinski definition) is 1. The summed E-state index contributed by atoms with van der Waals surface area (Å²) >= 11 is 0. The Kier molecular flexibility index (Phi) is 4.23.